The van der Waals surface area contributed by atoms with Crippen molar-refractivity contribution in [2.24, 2.45) is 0 Å². The van der Waals surface area contributed by atoms with E-state index >= 15 is 0 Å². The Labute approximate surface area is 235 Å². The fourth-order valence-electron chi connectivity index (χ4n) is 5.91. The van der Waals surface area contributed by atoms with Crippen molar-refractivity contribution in [1.82, 2.24) is 9.80 Å². The minimum Gasteiger partial charge on any atom is -0.369 e. The number of benzene rings is 3. The van der Waals surface area contributed by atoms with Gasteiger partial charge in [-0.1, -0.05) is 48.0 Å². The van der Waals surface area contributed by atoms with E-state index in [2.05, 4.69) is 21.9 Å². The molecule has 0 radical (unpaired) electrons. The van der Waals surface area contributed by atoms with E-state index < -0.39 is 35.0 Å². The number of carbonyl (C=O) groups is 1. The molecule has 0 N–H and O–H groups in total. The van der Waals surface area contributed by atoms with E-state index in [9.17, 15) is 31.1 Å². The molecule has 2 heterocycles. The molecular weight excluding hydrogens is 544 g/mol. The molecule has 2 atom stereocenters. The van der Waals surface area contributed by atoms with Gasteiger partial charge in [0.05, 0.1) is 11.1 Å². The summed E-state index contributed by atoms with van der Waals surface area (Å²) in [5, 5.41) is 0. The van der Waals surface area contributed by atoms with Crippen LogP contribution in [0.5, 0.6) is 0 Å². The van der Waals surface area contributed by atoms with E-state index in [1.54, 1.807) is 0 Å². The molecule has 3 aromatic rings. The average Bonchev–Trinajstić information content (AvgIpc) is 2.96. The average molecular weight is 576 g/mol. The first kappa shape index (κ1) is 29.0. The van der Waals surface area contributed by atoms with Gasteiger partial charge in [0.2, 0.25) is 0 Å². The highest BCUT2D eigenvalue weighted by atomic mass is 19.4. The van der Waals surface area contributed by atoms with Crippen LogP contribution in [-0.2, 0) is 12.4 Å². The van der Waals surface area contributed by atoms with Crippen molar-refractivity contribution in [2.45, 2.75) is 37.7 Å². The Balaban J connectivity index is 1.39. The molecule has 0 aliphatic carbocycles. The van der Waals surface area contributed by atoms with Gasteiger partial charge in [0.25, 0.3) is 5.91 Å². The maximum absolute atomic E-state index is 13.4. The molecule has 0 bridgehead atoms. The van der Waals surface area contributed by atoms with Crippen molar-refractivity contribution in [3.05, 3.63) is 101 Å². The molecule has 0 spiro atoms. The minimum atomic E-state index is -5.02. The normalized spacial score (nSPS) is 20.8. The molecule has 10 heteroatoms. The van der Waals surface area contributed by atoms with Crippen LogP contribution in [0.4, 0.5) is 32.0 Å². The van der Waals surface area contributed by atoms with Crippen LogP contribution in [0.1, 0.15) is 45.0 Å². The van der Waals surface area contributed by atoms with Crippen molar-refractivity contribution in [3.63, 3.8) is 0 Å². The number of carbonyl (C=O) groups excluding carboxylic acids is 1. The molecule has 1 amide bonds. The summed E-state index contributed by atoms with van der Waals surface area (Å²) in [4.78, 5) is 19.6. The lowest BCUT2D eigenvalue weighted by molar-refractivity contribution is -0.143. The van der Waals surface area contributed by atoms with Crippen LogP contribution in [0.25, 0.3) is 0 Å². The second-order valence-corrected chi connectivity index (χ2v) is 10.8. The van der Waals surface area contributed by atoms with Crippen molar-refractivity contribution in [3.8, 4) is 0 Å². The summed E-state index contributed by atoms with van der Waals surface area (Å²) >= 11 is 0. The second kappa shape index (κ2) is 11.4. The number of hydrogen-bond donors (Lipinski definition) is 0. The Morgan fingerprint density at radius 3 is 1.90 bits per heavy atom. The van der Waals surface area contributed by atoms with Gasteiger partial charge in [-0.3, -0.25) is 9.69 Å². The van der Waals surface area contributed by atoms with Gasteiger partial charge >= 0.3 is 12.4 Å². The lowest BCUT2D eigenvalue weighted by atomic mass is 9.84. The number of para-hydroxylation sites is 1. The van der Waals surface area contributed by atoms with E-state index in [1.165, 1.54) is 4.90 Å². The number of halogens is 6. The van der Waals surface area contributed by atoms with Crippen LogP contribution in [0.2, 0.25) is 0 Å². The van der Waals surface area contributed by atoms with Crippen molar-refractivity contribution in [2.75, 3.05) is 44.2 Å². The van der Waals surface area contributed by atoms with E-state index in [0.717, 1.165) is 43.0 Å². The fourth-order valence-corrected chi connectivity index (χ4v) is 5.91. The summed E-state index contributed by atoms with van der Waals surface area (Å²) in [7, 11) is 0. The third-order valence-electron chi connectivity index (χ3n) is 8.11. The monoisotopic (exact) mass is 575 g/mol. The summed E-state index contributed by atoms with van der Waals surface area (Å²) in [6.45, 7) is 5.66. The van der Waals surface area contributed by atoms with Crippen molar-refractivity contribution >= 4 is 11.6 Å². The van der Waals surface area contributed by atoms with Gasteiger partial charge in [-0.05, 0) is 49.2 Å². The molecule has 2 fully saturated rings. The molecule has 3 aromatic carbocycles. The van der Waals surface area contributed by atoms with Crippen LogP contribution < -0.4 is 4.90 Å². The first-order valence-corrected chi connectivity index (χ1v) is 13.6. The molecule has 2 unspecified atom stereocenters. The predicted molar refractivity (Wildman–Crippen MR) is 145 cm³/mol. The van der Waals surface area contributed by atoms with Crippen LogP contribution in [0.3, 0.4) is 0 Å². The summed E-state index contributed by atoms with van der Waals surface area (Å²) in [6.07, 6.45) is -9.48. The predicted octanol–water partition coefficient (Wildman–Crippen LogP) is 6.85. The highest BCUT2D eigenvalue weighted by molar-refractivity contribution is 5.95. The van der Waals surface area contributed by atoms with Gasteiger partial charge in [0.15, 0.2) is 0 Å². The molecule has 2 saturated heterocycles. The molecule has 218 valence electrons. The number of hydrogen-bond acceptors (Lipinski definition) is 3. The Bertz CT molecular complexity index is 1320. The minimum absolute atomic E-state index is 0.0488. The van der Waals surface area contributed by atoms with E-state index in [-0.39, 0.29) is 31.1 Å². The number of alkyl halides is 6. The molecule has 0 aromatic heterocycles. The lowest BCUT2D eigenvalue weighted by Gasteiger charge is -2.47. The first-order valence-electron chi connectivity index (χ1n) is 13.6. The van der Waals surface area contributed by atoms with Gasteiger partial charge in [0, 0.05) is 62.5 Å². The highest BCUT2D eigenvalue weighted by Crippen LogP contribution is 2.38. The molecule has 4 nitrogen and oxygen atoms in total. The van der Waals surface area contributed by atoms with Crippen LogP contribution in [0.15, 0.2) is 72.8 Å². The Morgan fingerprint density at radius 2 is 1.34 bits per heavy atom. The van der Waals surface area contributed by atoms with Crippen LogP contribution >= 0.6 is 0 Å². The third-order valence-corrected chi connectivity index (χ3v) is 8.11. The maximum Gasteiger partial charge on any atom is 0.416 e. The number of amides is 1. The zero-order chi connectivity index (χ0) is 29.4. The highest BCUT2D eigenvalue weighted by Gasteiger charge is 2.40. The Kier molecular flexibility index (Phi) is 8.05. The zero-order valence-corrected chi connectivity index (χ0v) is 22.6. The fraction of sp³-hybridized carbons (Fsp3) is 0.387. The Morgan fingerprint density at radius 1 is 0.756 bits per heavy atom. The number of aryl methyl sites for hydroxylation is 1. The van der Waals surface area contributed by atoms with E-state index in [0.29, 0.717) is 18.6 Å². The number of rotatable bonds is 4. The van der Waals surface area contributed by atoms with Gasteiger partial charge in [0.1, 0.15) is 0 Å². The number of piperidine rings is 1. The molecule has 0 saturated carbocycles. The van der Waals surface area contributed by atoms with E-state index in [1.807, 2.05) is 49.4 Å². The summed E-state index contributed by atoms with van der Waals surface area (Å²) in [5.74, 6) is -0.976. The first-order chi connectivity index (χ1) is 19.4. The van der Waals surface area contributed by atoms with Crippen molar-refractivity contribution < 1.29 is 31.1 Å². The maximum atomic E-state index is 13.4. The van der Waals surface area contributed by atoms with E-state index in [4.69, 9.17) is 0 Å². The number of likely N-dealkylation sites (tertiary alicyclic amines) is 1. The van der Waals surface area contributed by atoms with Gasteiger partial charge in [-0.15, -0.1) is 0 Å². The standard InChI is InChI=1S/C31H31F6N3O/c1-21-7-9-22(10-8-21)27-20-40(29(41)23-17-24(30(32,33)34)19-25(18-23)31(35,36)37)12-11-28(27)39-15-13-38(14-16-39)26-5-3-2-4-6-26/h2-10,17-19,27-28H,11-16,20H2,1H3. The lowest BCUT2D eigenvalue weighted by Crippen LogP contribution is -2.56. The number of piperazine rings is 1. The van der Waals surface area contributed by atoms with Crippen LogP contribution in [-0.4, -0.2) is 61.0 Å². The van der Waals surface area contributed by atoms with Gasteiger partial charge < -0.3 is 9.80 Å². The largest absolute Gasteiger partial charge is 0.416 e. The molecular formula is C31H31F6N3O. The number of nitrogens with zero attached hydrogens (tertiary/aromatic N) is 3. The molecule has 41 heavy (non-hydrogen) atoms. The topological polar surface area (TPSA) is 26.8 Å². The third kappa shape index (κ3) is 6.53. The molecule has 2 aliphatic rings. The van der Waals surface area contributed by atoms with Gasteiger partial charge in [-0.25, -0.2) is 0 Å². The SMILES string of the molecule is Cc1ccc(C2CN(C(=O)c3cc(C(F)(F)F)cc(C(F)(F)F)c3)CCC2N2CCN(c3ccccc3)CC2)cc1. The summed E-state index contributed by atoms with van der Waals surface area (Å²) in [6, 6.07) is 19.2. The van der Waals surface area contributed by atoms with Crippen LogP contribution in [0, 0.1) is 6.92 Å². The number of anilines is 1. The van der Waals surface area contributed by atoms with Crippen molar-refractivity contribution in [1.29, 1.82) is 0 Å². The molecule has 5 rings (SSSR count). The smallest absolute Gasteiger partial charge is 0.369 e. The quantitative estimate of drug-likeness (QED) is 0.319. The second-order valence-electron chi connectivity index (χ2n) is 10.8. The Hall–Kier alpha value is -3.53. The summed E-state index contributed by atoms with van der Waals surface area (Å²) in [5.41, 5.74) is -0.377. The van der Waals surface area contributed by atoms with Gasteiger partial charge in [-0.2, -0.15) is 26.3 Å². The molecule has 2 aliphatic heterocycles. The zero-order valence-electron chi connectivity index (χ0n) is 22.6. The summed E-state index contributed by atoms with van der Waals surface area (Å²) < 4.78 is 80.7.